The predicted molar refractivity (Wildman–Crippen MR) is 111 cm³/mol. The summed E-state index contributed by atoms with van der Waals surface area (Å²) in [5, 5.41) is 14.1. The van der Waals surface area contributed by atoms with Gasteiger partial charge in [-0.25, -0.2) is 0 Å². The Morgan fingerprint density at radius 1 is 1.10 bits per heavy atom. The molecule has 0 heterocycles. The highest BCUT2D eigenvalue weighted by atomic mass is 16.6. The third kappa shape index (κ3) is 5.88. The molecule has 7 heteroatoms. The molecule has 0 spiro atoms. The molecule has 7 nitrogen and oxygen atoms in total. The second-order valence-electron chi connectivity index (χ2n) is 6.89. The second-order valence-corrected chi connectivity index (χ2v) is 6.89. The highest BCUT2D eigenvalue weighted by Crippen LogP contribution is 2.21. The lowest BCUT2D eigenvalue weighted by atomic mass is 10.0. The second kappa shape index (κ2) is 10.4. The van der Waals surface area contributed by atoms with Crippen molar-refractivity contribution in [2.45, 2.75) is 46.2 Å². The van der Waals surface area contributed by atoms with Gasteiger partial charge in [0.1, 0.15) is 6.04 Å². The molecule has 0 saturated heterocycles. The zero-order valence-corrected chi connectivity index (χ0v) is 17.1. The summed E-state index contributed by atoms with van der Waals surface area (Å²) in [5.74, 6) is -0.545. The molecule has 0 aromatic heterocycles. The quantitative estimate of drug-likeness (QED) is 0.518. The van der Waals surface area contributed by atoms with Gasteiger partial charge < -0.3 is 10.2 Å². The van der Waals surface area contributed by atoms with Crippen molar-refractivity contribution < 1.29 is 14.5 Å². The SMILES string of the molecule is CCNC(=O)[C@@H](CC)N(Cc1ccc(C)cc1)C(=O)Cc1ccccc1[N+](=O)[O-]. The van der Waals surface area contributed by atoms with E-state index in [1.54, 1.807) is 18.2 Å². The molecule has 0 fully saturated rings. The lowest BCUT2D eigenvalue weighted by Gasteiger charge is -2.30. The molecular weight excluding hydrogens is 370 g/mol. The summed E-state index contributed by atoms with van der Waals surface area (Å²) in [7, 11) is 0. The van der Waals surface area contributed by atoms with E-state index in [4.69, 9.17) is 0 Å². The summed E-state index contributed by atoms with van der Waals surface area (Å²) in [4.78, 5) is 38.1. The summed E-state index contributed by atoms with van der Waals surface area (Å²) in [6, 6.07) is 13.3. The first-order valence-corrected chi connectivity index (χ1v) is 9.72. The van der Waals surface area contributed by atoms with Crippen molar-refractivity contribution in [2.75, 3.05) is 6.54 Å². The molecule has 154 valence electrons. The first-order chi connectivity index (χ1) is 13.9. The largest absolute Gasteiger partial charge is 0.355 e. The van der Waals surface area contributed by atoms with Crippen LogP contribution < -0.4 is 5.32 Å². The molecule has 29 heavy (non-hydrogen) atoms. The van der Waals surface area contributed by atoms with Gasteiger partial charge in [-0.1, -0.05) is 55.0 Å². The third-order valence-electron chi connectivity index (χ3n) is 4.74. The first kappa shape index (κ1) is 22.1. The van der Waals surface area contributed by atoms with Crippen LogP contribution >= 0.6 is 0 Å². The number of amides is 2. The van der Waals surface area contributed by atoms with E-state index in [0.29, 0.717) is 18.5 Å². The van der Waals surface area contributed by atoms with Gasteiger partial charge in [-0.15, -0.1) is 0 Å². The average Bonchev–Trinajstić information content (AvgIpc) is 2.69. The fourth-order valence-corrected chi connectivity index (χ4v) is 3.20. The first-order valence-electron chi connectivity index (χ1n) is 9.72. The molecule has 0 unspecified atom stereocenters. The van der Waals surface area contributed by atoms with Crippen molar-refractivity contribution in [1.82, 2.24) is 10.2 Å². The fourth-order valence-electron chi connectivity index (χ4n) is 3.20. The van der Waals surface area contributed by atoms with Crippen LogP contribution in [0.2, 0.25) is 0 Å². The van der Waals surface area contributed by atoms with Gasteiger partial charge >= 0.3 is 0 Å². The van der Waals surface area contributed by atoms with Gasteiger partial charge in [0.15, 0.2) is 0 Å². The zero-order chi connectivity index (χ0) is 21.4. The fraction of sp³-hybridized carbons (Fsp3) is 0.364. The number of rotatable bonds is 9. The third-order valence-corrected chi connectivity index (χ3v) is 4.74. The van der Waals surface area contributed by atoms with Crippen molar-refractivity contribution in [3.05, 3.63) is 75.3 Å². The number of carbonyl (C=O) groups excluding carboxylic acids is 2. The maximum absolute atomic E-state index is 13.2. The molecule has 2 amide bonds. The minimum Gasteiger partial charge on any atom is -0.355 e. The molecule has 2 aromatic carbocycles. The number of likely N-dealkylation sites (N-methyl/N-ethyl adjacent to an activating group) is 1. The Morgan fingerprint density at radius 2 is 1.76 bits per heavy atom. The topological polar surface area (TPSA) is 92.6 Å². The summed E-state index contributed by atoms with van der Waals surface area (Å²) in [6.07, 6.45) is 0.305. The Kier molecular flexibility index (Phi) is 7.88. The van der Waals surface area contributed by atoms with Crippen LogP contribution in [0.5, 0.6) is 0 Å². The maximum Gasteiger partial charge on any atom is 0.273 e. The van der Waals surface area contributed by atoms with E-state index >= 15 is 0 Å². The number of aryl methyl sites for hydroxylation is 1. The van der Waals surface area contributed by atoms with E-state index in [2.05, 4.69) is 5.32 Å². The van der Waals surface area contributed by atoms with E-state index in [-0.39, 0.29) is 30.5 Å². The summed E-state index contributed by atoms with van der Waals surface area (Å²) in [6.45, 7) is 6.37. The van der Waals surface area contributed by atoms with Crippen molar-refractivity contribution in [1.29, 1.82) is 0 Å². The molecule has 2 rings (SSSR count). The summed E-state index contributed by atoms with van der Waals surface area (Å²) >= 11 is 0. The van der Waals surface area contributed by atoms with Crippen molar-refractivity contribution >= 4 is 17.5 Å². The zero-order valence-electron chi connectivity index (χ0n) is 17.1. The van der Waals surface area contributed by atoms with Crippen molar-refractivity contribution in [3.8, 4) is 0 Å². The van der Waals surface area contributed by atoms with Gasteiger partial charge in [-0.2, -0.15) is 0 Å². The number of hydrogen-bond donors (Lipinski definition) is 1. The van der Waals surface area contributed by atoms with Crippen LogP contribution in [0, 0.1) is 17.0 Å². The van der Waals surface area contributed by atoms with Crippen LogP contribution in [0.1, 0.15) is 37.0 Å². The van der Waals surface area contributed by atoms with Gasteiger partial charge in [0, 0.05) is 24.7 Å². The predicted octanol–water partition coefficient (Wildman–Crippen LogP) is 3.39. The standard InChI is InChI=1S/C22H27N3O4/c1-4-19(22(27)23-5-2)24(15-17-12-10-16(3)11-13-17)21(26)14-18-8-6-7-9-20(18)25(28)29/h6-13,19H,4-5,14-15H2,1-3H3,(H,23,27)/t19-/m1/s1. The van der Waals surface area contributed by atoms with Gasteiger partial charge in [0.25, 0.3) is 5.69 Å². The highest BCUT2D eigenvalue weighted by Gasteiger charge is 2.29. The van der Waals surface area contributed by atoms with Crippen molar-refractivity contribution in [2.24, 2.45) is 0 Å². The lowest BCUT2D eigenvalue weighted by molar-refractivity contribution is -0.385. The number of benzene rings is 2. The molecule has 0 radical (unpaired) electrons. The Bertz CT molecular complexity index is 865. The smallest absolute Gasteiger partial charge is 0.273 e. The van der Waals surface area contributed by atoms with Gasteiger partial charge in [0.05, 0.1) is 11.3 Å². The molecule has 2 aromatic rings. The lowest BCUT2D eigenvalue weighted by Crippen LogP contribution is -2.49. The minimum atomic E-state index is -0.647. The monoisotopic (exact) mass is 397 g/mol. The summed E-state index contributed by atoms with van der Waals surface area (Å²) in [5.41, 5.74) is 2.24. The Balaban J connectivity index is 2.34. The minimum absolute atomic E-state index is 0.0952. The Morgan fingerprint density at radius 3 is 2.34 bits per heavy atom. The van der Waals surface area contributed by atoms with E-state index < -0.39 is 11.0 Å². The van der Waals surface area contributed by atoms with E-state index in [0.717, 1.165) is 11.1 Å². The average molecular weight is 397 g/mol. The Labute approximate surface area is 170 Å². The van der Waals surface area contributed by atoms with Crippen LogP contribution in [0.15, 0.2) is 48.5 Å². The van der Waals surface area contributed by atoms with Crippen LogP contribution in [-0.4, -0.2) is 34.2 Å². The molecule has 1 atom stereocenters. The highest BCUT2D eigenvalue weighted by molar-refractivity contribution is 5.88. The number of hydrogen-bond acceptors (Lipinski definition) is 4. The number of nitrogens with one attached hydrogen (secondary N) is 1. The van der Waals surface area contributed by atoms with Gasteiger partial charge in [-0.3, -0.25) is 19.7 Å². The van der Waals surface area contributed by atoms with E-state index in [1.807, 2.05) is 45.0 Å². The normalized spacial score (nSPS) is 11.6. The van der Waals surface area contributed by atoms with Crippen LogP contribution in [0.3, 0.4) is 0 Å². The van der Waals surface area contributed by atoms with Crippen LogP contribution in [0.4, 0.5) is 5.69 Å². The van der Waals surface area contributed by atoms with Crippen LogP contribution in [-0.2, 0) is 22.6 Å². The van der Waals surface area contributed by atoms with Gasteiger partial charge in [-0.05, 0) is 25.8 Å². The number of para-hydroxylation sites is 1. The van der Waals surface area contributed by atoms with E-state index in [9.17, 15) is 19.7 Å². The number of nitro benzene ring substituents is 1. The number of nitrogens with zero attached hydrogens (tertiary/aromatic N) is 2. The van der Waals surface area contributed by atoms with Gasteiger partial charge in [0.2, 0.25) is 11.8 Å². The molecule has 0 bridgehead atoms. The molecule has 0 aliphatic rings. The Hall–Kier alpha value is -3.22. The molecule has 0 aliphatic carbocycles. The molecular formula is C22H27N3O4. The summed E-state index contributed by atoms with van der Waals surface area (Å²) < 4.78 is 0. The molecule has 0 saturated carbocycles. The maximum atomic E-state index is 13.2. The molecule has 0 aliphatic heterocycles. The number of carbonyl (C=O) groups is 2. The number of nitro groups is 1. The molecule has 1 N–H and O–H groups in total. The van der Waals surface area contributed by atoms with E-state index in [1.165, 1.54) is 11.0 Å². The van der Waals surface area contributed by atoms with Crippen molar-refractivity contribution in [3.63, 3.8) is 0 Å². The van der Waals surface area contributed by atoms with Crippen LogP contribution in [0.25, 0.3) is 0 Å².